The van der Waals surface area contributed by atoms with Gasteiger partial charge in [-0.25, -0.2) is 9.78 Å². The van der Waals surface area contributed by atoms with Crippen LogP contribution in [0.15, 0.2) is 24.4 Å². The molecule has 0 radical (unpaired) electrons. The minimum atomic E-state index is -0.311. The maximum atomic E-state index is 12.2. The molecule has 1 saturated heterocycles. The Labute approximate surface area is 146 Å². The second kappa shape index (κ2) is 6.58. The molecule has 25 heavy (non-hydrogen) atoms. The van der Waals surface area contributed by atoms with Crippen molar-refractivity contribution in [3.8, 4) is 0 Å². The van der Waals surface area contributed by atoms with Gasteiger partial charge in [0.1, 0.15) is 5.82 Å². The summed E-state index contributed by atoms with van der Waals surface area (Å²) in [7, 11) is 0. The fourth-order valence-electron chi connectivity index (χ4n) is 3.12. The molecule has 7 heteroatoms. The standard InChI is InChI=1S/C18H23N5O2/c1-10(2)21-18(25)22-16-7-12-6-13(8-15(19)14(12)9-20-16)23-11(3)4-5-17(23)24/h6-11H,4-5,19H2,1-3H3,(H2,20,21,22,25). The minimum absolute atomic E-state index is 0.0328. The van der Waals surface area contributed by atoms with Crippen LogP contribution < -0.4 is 21.3 Å². The van der Waals surface area contributed by atoms with Crippen LogP contribution in [0.5, 0.6) is 0 Å². The van der Waals surface area contributed by atoms with Crippen molar-refractivity contribution >= 4 is 39.9 Å². The van der Waals surface area contributed by atoms with Crippen LogP contribution in [0.3, 0.4) is 0 Å². The van der Waals surface area contributed by atoms with Gasteiger partial charge < -0.3 is 16.0 Å². The number of nitrogens with two attached hydrogens (primary N) is 1. The molecular formula is C18H23N5O2. The first-order valence-corrected chi connectivity index (χ1v) is 8.44. The second-order valence-corrected chi connectivity index (χ2v) is 6.73. The van der Waals surface area contributed by atoms with E-state index in [0.29, 0.717) is 17.9 Å². The summed E-state index contributed by atoms with van der Waals surface area (Å²) in [6.07, 6.45) is 3.03. The van der Waals surface area contributed by atoms with Crippen molar-refractivity contribution < 1.29 is 9.59 Å². The molecule has 0 saturated carbocycles. The Morgan fingerprint density at radius 1 is 1.36 bits per heavy atom. The number of urea groups is 1. The van der Waals surface area contributed by atoms with E-state index < -0.39 is 0 Å². The summed E-state index contributed by atoms with van der Waals surface area (Å²) in [6, 6.07) is 5.36. The molecule has 132 valence electrons. The number of aromatic nitrogens is 1. The highest BCUT2D eigenvalue weighted by Gasteiger charge is 2.29. The Morgan fingerprint density at radius 3 is 2.76 bits per heavy atom. The highest BCUT2D eigenvalue weighted by Crippen LogP contribution is 2.33. The number of carbonyl (C=O) groups excluding carboxylic acids is 2. The second-order valence-electron chi connectivity index (χ2n) is 6.73. The van der Waals surface area contributed by atoms with Gasteiger partial charge in [0.25, 0.3) is 0 Å². The molecule has 3 amide bonds. The lowest BCUT2D eigenvalue weighted by Crippen LogP contribution is -2.34. The van der Waals surface area contributed by atoms with Gasteiger partial charge in [-0.15, -0.1) is 0 Å². The largest absolute Gasteiger partial charge is 0.398 e. The number of benzene rings is 1. The Balaban J connectivity index is 1.95. The maximum Gasteiger partial charge on any atom is 0.320 e. The summed E-state index contributed by atoms with van der Waals surface area (Å²) in [5, 5.41) is 7.08. The number of anilines is 3. The van der Waals surface area contributed by atoms with Crippen molar-refractivity contribution in [1.29, 1.82) is 0 Å². The average molecular weight is 341 g/mol. The van der Waals surface area contributed by atoms with Crippen molar-refractivity contribution in [1.82, 2.24) is 10.3 Å². The van der Waals surface area contributed by atoms with Gasteiger partial charge in [-0.2, -0.15) is 0 Å². The van der Waals surface area contributed by atoms with Gasteiger partial charge in [0.05, 0.1) is 0 Å². The molecule has 0 spiro atoms. The molecule has 1 unspecified atom stereocenters. The fourth-order valence-corrected chi connectivity index (χ4v) is 3.12. The highest BCUT2D eigenvalue weighted by molar-refractivity contribution is 6.03. The zero-order chi connectivity index (χ0) is 18.1. The van der Waals surface area contributed by atoms with Crippen LogP contribution in [0.4, 0.5) is 22.0 Å². The number of pyridine rings is 1. The van der Waals surface area contributed by atoms with Crippen molar-refractivity contribution in [2.45, 2.75) is 45.7 Å². The van der Waals surface area contributed by atoms with E-state index in [2.05, 4.69) is 15.6 Å². The lowest BCUT2D eigenvalue weighted by Gasteiger charge is -2.23. The summed E-state index contributed by atoms with van der Waals surface area (Å²) in [6.45, 7) is 5.80. The van der Waals surface area contributed by atoms with Gasteiger partial charge in [0.15, 0.2) is 0 Å². The van der Waals surface area contributed by atoms with E-state index in [1.165, 1.54) is 0 Å². The molecule has 0 aliphatic carbocycles. The molecular weight excluding hydrogens is 318 g/mol. The Bertz CT molecular complexity index is 834. The number of amides is 3. The van der Waals surface area contributed by atoms with Gasteiger partial charge in [0.2, 0.25) is 5.91 Å². The normalized spacial score (nSPS) is 17.4. The summed E-state index contributed by atoms with van der Waals surface area (Å²) >= 11 is 0. The van der Waals surface area contributed by atoms with Gasteiger partial charge in [0, 0.05) is 41.5 Å². The summed E-state index contributed by atoms with van der Waals surface area (Å²) in [4.78, 5) is 30.0. The van der Waals surface area contributed by atoms with Gasteiger partial charge in [-0.1, -0.05) is 0 Å². The lowest BCUT2D eigenvalue weighted by atomic mass is 10.1. The predicted molar refractivity (Wildman–Crippen MR) is 99.6 cm³/mol. The van der Waals surface area contributed by atoms with E-state index in [1.54, 1.807) is 17.2 Å². The molecule has 7 nitrogen and oxygen atoms in total. The number of nitrogen functional groups attached to an aromatic ring is 1. The molecule has 2 heterocycles. The number of nitrogens with one attached hydrogen (secondary N) is 2. The number of hydrogen-bond acceptors (Lipinski definition) is 4. The number of nitrogens with zero attached hydrogens (tertiary/aromatic N) is 2. The Morgan fingerprint density at radius 2 is 2.12 bits per heavy atom. The third kappa shape index (κ3) is 3.50. The van der Waals surface area contributed by atoms with E-state index in [4.69, 9.17) is 5.73 Å². The van der Waals surface area contributed by atoms with Gasteiger partial charge in [-0.3, -0.25) is 10.1 Å². The topological polar surface area (TPSA) is 100 Å². The van der Waals surface area contributed by atoms with E-state index in [0.717, 1.165) is 22.9 Å². The molecule has 1 aromatic carbocycles. The summed E-state index contributed by atoms with van der Waals surface area (Å²) in [5.74, 6) is 0.540. The number of fused-ring (bicyclic) bond motifs is 1. The molecule has 1 fully saturated rings. The van der Waals surface area contributed by atoms with Crippen molar-refractivity contribution in [2.75, 3.05) is 16.0 Å². The molecule has 0 bridgehead atoms. The first kappa shape index (κ1) is 17.0. The van der Waals surface area contributed by atoms with Crippen LogP contribution in [0.2, 0.25) is 0 Å². The van der Waals surface area contributed by atoms with Crippen LogP contribution in [-0.4, -0.2) is 29.0 Å². The molecule has 1 aliphatic heterocycles. The number of rotatable bonds is 3. The van der Waals surface area contributed by atoms with Gasteiger partial charge in [-0.05, 0) is 50.8 Å². The number of carbonyl (C=O) groups is 2. The first-order chi connectivity index (χ1) is 11.8. The summed E-state index contributed by atoms with van der Waals surface area (Å²) < 4.78 is 0. The van der Waals surface area contributed by atoms with Gasteiger partial charge >= 0.3 is 6.03 Å². The average Bonchev–Trinajstić information content (AvgIpc) is 2.85. The van der Waals surface area contributed by atoms with Crippen LogP contribution in [-0.2, 0) is 4.79 Å². The predicted octanol–water partition coefficient (Wildman–Crippen LogP) is 2.86. The zero-order valence-electron chi connectivity index (χ0n) is 14.7. The first-order valence-electron chi connectivity index (χ1n) is 8.44. The third-order valence-corrected chi connectivity index (χ3v) is 4.28. The molecule has 4 N–H and O–H groups in total. The monoisotopic (exact) mass is 341 g/mol. The van der Waals surface area contributed by atoms with Crippen molar-refractivity contribution in [2.24, 2.45) is 0 Å². The van der Waals surface area contributed by atoms with E-state index in [-0.39, 0.29) is 24.0 Å². The van der Waals surface area contributed by atoms with E-state index in [1.807, 2.05) is 32.9 Å². The lowest BCUT2D eigenvalue weighted by molar-refractivity contribution is -0.117. The highest BCUT2D eigenvalue weighted by atomic mass is 16.2. The number of hydrogen-bond donors (Lipinski definition) is 3. The van der Waals surface area contributed by atoms with Crippen molar-refractivity contribution in [3.05, 3.63) is 24.4 Å². The maximum absolute atomic E-state index is 12.2. The molecule has 3 rings (SSSR count). The SMILES string of the molecule is CC(C)NC(=O)Nc1cc2cc(N3C(=O)CCC3C)cc(N)c2cn1. The fraction of sp³-hybridized carbons (Fsp3) is 0.389. The molecule has 2 aromatic rings. The Hall–Kier alpha value is -2.83. The quantitative estimate of drug-likeness (QED) is 0.747. The van der Waals surface area contributed by atoms with Crippen LogP contribution in [0, 0.1) is 0 Å². The van der Waals surface area contributed by atoms with Crippen LogP contribution in [0.1, 0.15) is 33.6 Å². The molecule has 1 aromatic heterocycles. The molecule has 1 aliphatic rings. The third-order valence-electron chi connectivity index (χ3n) is 4.28. The van der Waals surface area contributed by atoms with Crippen LogP contribution >= 0.6 is 0 Å². The van der Waals surface area contributed by atoms with Crippen molar-refractivity contribution in [3.63, 3.8) is 0 Å². The van der Waals surface area contributed by atoms with E-state index in [9.17, 15) is 9.59 Å². The molecule has 1 atom stereocenters. The zero-order valence-corrected chi connectivity index (χ0v) is 14.7. The summed E-state index contributed by atoms with van der Waals surface area (Å²) in [5.41, 5.74) is 7.50. The Kier molecular flexibility index (Phi) is 4.48. The smallest absolute Gasteiger partial charge is 0.320 e. The van der Waals surface area contributed by atoms with E-state index >= 15 is 0 Å². The van der Waals surface area contributed by atoms with Crippen LogP contribution in [0.25, 0.3) is 10.8 Å². The minimum Gasteiger partial charge on any atom is -0.398 e.